The summed E-state index contributed by atoms with van der Waals surface area (Å²) >= 11 is 3.53. The molecule has 0 saturated carbocycles. The Morgan fingerprint density at radius 3 is 2.74 bits per heavy atom. The zero-order valence-corrected chi connectivity index (χ0v) is 12.7. The number of hydrogen-bond donors (Lipinski definition) is 1. The molecule has 0 amide bonds. The van der Waals surface area contributed by atoms with E-state index in [1.807, 2.05) is 12.1 Å². The summed E-state index contributed by atoms with van der Waals surface area (Å²) in [5.74, 6) is -0.179. The van der Waals surface area contributed by atoms with E-state index in [1.165, 1.54) is 11.6 Å². The molecule has 2 rings (SSSR count). The molecule has 1 N–H and O–H groups in total. The maximum atomic E-state index is 13.1. The van der Waals surface area contributed by atoms with Gasteiger partial charge in [0.1, 0.15) is 5.82 Å². The molecule has 0 bridgehead atoms. The van der Waals surface area contributed by atoms with Crippen LogP contribution in [0.15, 0.2) is 46.9 Å². The smallest absolute Gasteiger partial charge is 0.123 e. The lowest BCUT2D eigenvalue weighted by Crippen LogP contribution is -2.18. The molecule has 19 heavy (non-hydrogen) atoms. The molecule has 2 aromatic rings. The van der Waals surface area contributed by atoms with Crippen molar-refractivity contribution >= 4 is 21.6 Å². The third kappa shape index (κ3) is 4.06. The molecule has 0 spiro atoms. The number of nitrogens with one attached hydrogen (secondary N) is 1. The van der Waals surface area contributed by atoms with Crippen LogP contribution < -0.4 is 5.32 Å². The van der Waals surface area contributed by atoms with Crippen molar-refractivity contribution in [2.24, 2.45) is 0 Å². The third-order valence-electron chi connectivity index (χ3n) is 2.95. The Balaban J connectivity index is 2.05. The van der Waals surface area contributed by atoms with Crippen LogP contribution in [0.1, 0.15) is 18.1 Å². The van der Waals surface area contributed by atoms with E-state index in [4.69, 9.17) is 0 Å². The lowest BCUT2D eigenvalue weighted by Gasteiger charge is -2.17. The van der Waals surface area contributed by atoms with Gasteiger partial charge in [-0.15, -0.1) is 0 Å². The minimum atomic E-state index is -0.179. The first kappa shape index (κ1) is 14.1. The Labute approximate surface area is 122 Å². The number of benzene rings is 2. The molecule has 0 aliphatic carbocycles. The standard InChI is InChI=1S/C16H17BrFN/c1-11-6-7-15(17)16(8-11)19-12(2)9-13-4-3-5-14(18)10-13/h3-8,10,12,19H,9H2,1-2H3. The fourth-order valence-electron chi connectivity index (χ4n) is 2.08. The van der Waals surface area contributed by atoms with Crippen molar-refractivity contribution < 1.29 is 4.39 Å². The average Bonchev–Trinajstić information content (AvgIpc) is 2.34. The van der Waals surface area contributed by atoms with Gasteiger partial charge in [0.05, 0.1) is 0 Å². The van der Waals surface area contributed by atoms with Gasteiger partial charge in [-0.05, 0) is 71.6 Å². The summed E-state index contributed by atoms with van der Waals surface area (Å²) in [6.45, 7) is 4.16. The first-order chi connectivity index (χ1) is 9.04. The van der Waals surface area contributed by atoms with Gasteiger partial charge in [0.25, 0.3) is 0 Å². The fourth-order valence-corrected chi connectivity index (χ4v) is 2.44. The molecule has 2 aromatic carbocycles. The molecule has 0 radical (unpaired) electrons. The molecular formula is C16H17BrFN. The molecular weight excluding hydrogens is 305 g/mol. The summed E-state index contributed by atoms with van der Waals surface area (Å²) < 4.78 is 14.2. The Bertz CT molecular complexity index is 568. The van der Waals surface area contributed by atoms with E-state index in [0.29, 0.717) is 0 Å². The van der Waals surface area contributed by atoms with Gasteiger partial charge in [-0.1, -0.05) is 18.2 Å². The van der Waals surface area contributed by atoms with Gasteiger partial charge in [-0.3, -0.25) is 0 Å². The molecule has 3 heteroatoms. The normalized spacial score (nSPS) is 12.2. The molecule has 1 nitrogen and oxygen atoms in total. The average molecular weight is 322 g/mol. The lowest BCUT2D eigenvalue weighted by atomic mass is 10.1. The second kappa shape index (κ2) is 6.20. The highest BCUT2D eigenvalue weighted by Gasteiger charge is 2.07. The van der Waals surface area contributed by atoms with Gasteiger partial charge in [-0.2, -0.15) is 0 Å². The lowest BCUT2D eigenvalue weighted by molar-refractivity contribution is 0.624. The minimum absolute atomic E-state index is 0.179. The minimum Gasteiger partial charge on any atom is -0.381 e. The van der Waals surface area contributed by atoms with Crippen LogP contribution in [0.4, 0.5) is 10.1 Å². The first-order valence-electron chi connectivity index (χ1n) is 6.32. The summed E-state index contributed by atoms with van der Waals surface area (Å²) in [7, 11) is 0. The maximum absolute atomic E-state index is 13.1. The van der Waals surface area contributed by atoms with Crippen molar-refractivity contribution in [3.63, 3.8) is 0 Å². The summed E-state index contributed by atoms with van der Waals surface area (Å²) in [5, 5.41) is 3.45. The maximum Gasteiger partial charge on any atom is 0.123 e. The predicted molar refractivity (Wildman–Crippen MR) is 82.1 cm³/mol. The predicted octanol–water partition coefficient (Wildman–Crippen LogP) is 4.94. The molecule has 0 aromatic heterocycles. The van der Waals surface area contributed by atoms with Crippen LogP contribution in [0.25, 0.3) is 0 Å². The molecule has 0 saturated heterocycles. The third-order valence-corrected chi connectivity index (χ3v) is 3.65. The topological polar surface area (TPSA) is 12.0 Å². The molecule has 100 valence electrons. The van der Waals surface area contributed by atoms with Crippen LogP contribution in [-0.2, 0) is 6.42 Å². The zero-order chi connectivity index (χ0) is 13.8. The van der Waals surface area contributed by atoms with Gasteiger partial charge in [0, 0.05) is 16.2 Å². The molecule has 0 heterocycles. The number of rotatable bonds is 4. The molecule has 1 atom stereocenters. The quantitative estimate of drug-likeness (QED) is 0.841. The number of halogens is 2. The van der Waals surface area contributed by atoms with Crippen LogP contribution in [-0.4, -0.2) is 6.04 Å². The number of hydrogen-bond acceptors (Lipinski definition) is 1. The second-order valence-electron chi connectivity index (χ2n) is 4.86. The Kier molecular flexibility index (Phi) is 4.59. The van der Waals surface area contributed by atoms with E-state index in [1.54, 1.807) is 12.1 Å². The number of anilines is 1. The van der Waals surface area contributed by atoms with E-state index >= 15 is 0 Å². The van der Waals surface area contributed by atoms with Crippen LogP contribution in [0.2, 0.25) is 0 Å². The van der Waals surface area contributed by atoms with E-state index in [-0.39, 0.29) is 11.9 Å². The molecule has 1 unspecified atom stereocenters. The fraction of sp³-hybridized carbons (Fsp3) is 0.250. The van der Waals surface area contributed by atoms with Gasteiger partial charge >= 0.3 is 0 Å². The van der Waals surface area contributed by atoms with Gasteiger partial charge in [0.2, 0.25) is 0 Å². The number of aryl methyl sites for hydroxylation is 1. The van der Waals surface area contributed by atoms with Crippen LogP contribution in [0.3, 0.4) is 0 Å². The van der Waals surface area contributed by atoms with Crippen molar-refractivity contribution in [2.45, 2.75) is 26.3 Å². The van der Waals surface area contributed by atoms with Crippen molar-refractivity contribution in [3.8, 4) is 0 Å². The molecule has 0 fully saturated rings. The Morgan fingerprint density at radius 2 is 2.00 bits per heavy atom. The highest BCUT2D eigenvalue weighted by atomic mass is 79.9. The highest BCUT2D eigenvalue weighted by Crippen LogP contribution is 2.24. The summed E-state index contributed by atoms with van der Waals surface area (Å²) in [4.78, 5) is 0. The SMILES string of the molecule is Cc1ccc(Br)c(NC(C)Cc2cccc(F)c2)c1. The Hall–Kier alpha value is -1.35. The largest absolute Gasteiger partial charge is 0.381 e. The van der Waals surface area contributed by atoms with Crippen molar-refractivity contribution in [1.82, 2.24) is 0 Å². The zero-order valence-electron chi connectivity index (χ0n) is 11.1. The van der Waals surface area contributed by atoms with Crippen molar-refractivity contribution in [1.29, 1.82) is 0 Å². The van der Waals surface area contributed by atoms with Crippen molar-refractivity contribution in [2.75, 3.05) is 5.32 Å². The summed E-state index contributed by atoms with van der Waals surface area (Å²) in [6, 6.07) is 13.2. The first-order valence-corrected chi connectivity index (χ1v) is 7.11. The van der Waals surface area contributed by atoms with Gasteiger partial charge in [-0.25, -0.2) is 4.39 Å². The van der Waals surface area contributed by atoms with Crippen LogP contribution in [0, 0.1) is 12.7 Å². The Morgan fingerprint density at radius 1 is 1.21 bits per heavy atom. The van der Waals surface area contributed by atoms with E-state index < -0.39 is 0 Å². The second-order valence-corrected chi connectivity index (χ2v) is 5.72. The summed E-state index contributed by atoms with van der Waals surface area (Å²) in [5.41, 5.74) is 3.29. The van der Waals surface area contributed by atoms with E-state index in [9.17, 15) is 4.39 Å². The molecule has 0 aliphatic rings. The summed E-state index contributed by atoms with van der Waals surface area (Å²) in [6.07, 6.45) is 0.790. The van der Waals surface area contributed by atoms with Crippen LogP contribution in [0.5, 0.6) is 0 Å². The van der Waals surface area contributed by atoms with Crippen molar-refractivity contribution in [3.05, 3.63) is 63.9 Å². The highest BCUT2D eigenvalue weighted by molar-refractivity contribution is 9.10. The van der Waals surface area contributed by atoms with Crippen LogP contribution >= 0.6 is 15.9 Å². The monoisotopic (exact) mass is 321 g/mol. The van der Waals surface area contributed by atoms with Gasteiger partial charge in [0.15, 0.2) is 0 Å². The molecule has 0 aliphatic heterocycles. The van der Waals surface area contributed by atoms with E-state index in [0.717, 1.165) is 22.1 Å². The van der Waals surface area contributed by atoms with E-state index in [2.05, 4.69) is 47.2 Å². The van der Waals surface area contributed by atoms with Gasteiger partial charge < -0.3 is 5.32 Å².